The average Bonchev–Trinajstić information content (AvgIpc) is 3.10. The number of amides is 1. The summed E-state index contributed by atoms with van der Waals surface area (Å²) in [6.07, 6.45) is 3.55. The molecule has 0 radical (unpaired) electrons. The van der Waals surface area contributed by atoms with Crippen LogP contribution in [0.25, 0.3) is 0 Å². The third-order valence-corrected chi connectivity index (χ3v) is 4.45. The topological polar surface area (TPSA) is 75.4 Å². The largest absolute Gasteiger partial charge is 0.481 e. The monoisotopic (exact) mass is 331 g/mol. The molecule has 1 fully saturated rings. The number of nitrogens with zero attached hydrogens (tertiary/aromatic N) is 3. The molecular weight excluding hydrogens is 313 g/mol. The molecule has 24 heavy (non-hydrogen) atoms. The van der Waals surface area contributed by atoms with Gasteiger partial charge in [0.1, 0.15) is 17.7 Å². The number of halogens is 1. The van der Waals surface area contributed by atoms with Crippen molar-refractivity contribution in [3.63, 3.8) is 0 Å². The number of carboxylic acids is 1. The second kappa shape index (κ2) is 6.43. The standard InChI is InChI=1S/C17H18FN3O3/c1-20-9-7-19-16(20)15-12(17(23)24)10-14(22)21(15)8-6-11-4-2-3-5-13(11)18/h2-5,7,9,12,15H,6,8,10H2,1H3,(H,23,24). The first-order valence-electron chi connectivity index (χ1n) is 7.72. The summed E-state index contributed by atoms with van der Waals surface area (Å²) in [5.74, 6) is -1.91. The molecule has 1 aliphatic rings. The van der Waals surface area contributed by atoms with E-state index in [2.05, 4.69) is 4.98 Å². The SMILES string of the molecule is Cn1ccnc1C1C(C(=O)O)CC(=O)N1CCc1ccccc1F. The molecule has 0 bridgehead atoms. The first kappa shape index (κ1) is 16.2. The number of aryl methyl sites for hydroxylation is 1. The van der Waals surface area contributed by atoms with Crippen LogP contribution in [0.1, 0.15) is 23.9 Å². The van der Waals surface area contributed by atoms with E-state index in [1.54, 1.807) is 42.2 Å². The molecule has 1 aromatic carbocycles. The Kier molecular flexibility index (Phi) is 4.33. The van der Waals surface area contributed by atoms with Crippen LogP contribution in [0.5, 0.6) is 0 Å². The number of hydrogen-bond donors (Lipinski definition) is 1. The van der Waals surface area contributed by atoms with Crippen LogP contribution in [-0.4, -0.2) is 38.0 Å². The van der Waals surface area contributed by atoms with Crippen molar-refractivity contribution >= 4 is 11.9 Å². The minimum atomic E-state index is -1.02. The van der Waals surface area contributed by atoms with E-state index in [-0.39, 0.29) is 24.7 Å². The first-order chi connectivity index (χ1) is 11.5. The molecule has 7 heteroatoms. The lowest BCUT2D eigenvalue weighted by Gasteiger charge is -2.26. The van der Waals surface area contributed by atoms with E-state index in [1.807, 2.05) is 0 Å². The first-order valence-corrected chi connectivity index (χ1v) is 7.72. The number of carbonyl (C=O) groups excluding carboxylic acids is 1. The van der Waals surface area contributed by atoms with Gasteiger partial charge in [-0.05, 0) is 18.1 Å². The molecule has 126 valence electrons. The van der Waals surface area contributed by atoms with Crippen molar-refractivity contribution < 1.29 is 19.1 Å². The van der Waals surface area contributed by atoms with E-state index in [0.717, 1.165) is 0 Å². The lowest BCUT2D eigenvalue weighted by Crippen LogP contribution is -2.34. The third kappa shape index (κ3) is 2.89. The molecule has 1 aromatic heterocycles. The van der Waals surface area contributed by atoms with Crippen LogP contribution in [0.15, 0.2) is 36.7 Å². The Hall–Kier alpha value is -2.70. The minimum Gasteiger partial charge on any atom is -0.481 e. The number of hydrogen-bond acceptors (Lipinski definition) is 3. The van der Waals surface area contributed by atoms with Crippen LogP contribution in [-0.2, 0) is 23.1 Å². The molecule has 2 heterocycles. The molecule has 1 saturated heterocycles. The molecule has 2 aromatic rings. The molecule has 0 aliphatic carbocycles. The van der Waals surface area contributed by atoms with Crippen LogP contribution < -0.4 is 0 Å². The maximum atomic E-state index is 13.8. The van der Waals surface area contributed by atoms with Gasteiger partial charge in [0, 0.05) is 32.4 Å². The minimum absolute atomic E-state index is 0.0653. The second-order valence-corrected chi connectivity index (χ2v) is 5.92. The van der Waals surface area contributed by atoms with Gasteiger partial charge < -0.3 is 14.6 Å². The van der Waals surface area contributed by atoms with Crippen molar-refractivity contribution in [2.45, 2.75) is 18.9 Å². The fourth-order valence-corrected chi connectivity index (χ4v) is 3.20. The van der Waals surface area contributed by atoms with Gasteiger partial charge in [-0.25, -0.2) is 9.37 Å². The van der Waals surface area contributed by atoms with Gasteiger partial charge in [-0.1, -0.05) is 18.2 Å². The number of carboxylic acid groups (broad SMARTS) is 1. The number of benzene rings is 1. The number of rotatable bonds is 5. The number of imidazole rings is 1. The number of carbonyl (C=O) groups is 2. The van der Waals surface area contributed by atoms with Crippen LogP contribution in [0.3, 0.4) is 0 Å². The fraction of sp³-hybridized carbons (Fsp3) is 0.353. The molecule has 2 unspecified atom stereocenters. The molecular formula is C17H18FN3O3. The van der Waals surface area contributed by atoms with Crippen molar-refractivity contribution in [1.82, 2.24) is 14.5 Å². The Bertz CT molecular complexity index is 774. The highest BCUT2D eigenvalue weighted by atomic mass is 19.1. The zero-order valence-corrected chi connectivity index (χ0v) is 13.2. The molecule has 0 saturated carbocycles. The van der Waals surface area contributed by atoms with E-state index in [9.17, 15) is 19.1 Å². The maximum absolute atomic E-state index is 13.8. The molecule has 1 amide bonds. The molecule has 1 N–H and O–H groups in total. The van der Waals surface area contributed by atoms with Crippen molar-refractivity contribution in [1.29, 1.82) is 0 Å². The summed E-state index contributed by atoms with van der Waals surface area (Å²) in [4.78, 5) is 29.6. The Morgan fingerprint density at radius 2 is 2.17 bits per heavy atom. The van der Waals surface area contributed by atoms with E-state index in [4.69, 9.17) is 0 Å². The third-order valence-electron chi connectivity index (χ3n) is 4.45. The van der Waals surface area contributed by atoms with Gasteiger partial charge in [-0.2, -0.15) is 0 Å². The smallest absolute Gasteiger partial charge is 0.309 e. The summed E-state index contributed by atoms with van der Waals surface area (Å²) in [6.45, 7) is 0.251. The van der Waals surface area contributed by atoms with E-state index in [1.165, 1.54) is 11.0 Å². The molecule has 0 spiro atoms. The molecule has 3 rings (SSSR count). The quantitative estimate of drug-likeness (QED) is 0.906. The Labute approximate surface area is 138 Å². The van der Waals surface area contributed by atoms with Gasteiger partial charge in [0.25, 0.3) is 0 Å². The van der Waals surface area contributed by atoms with Gasteiger partial charge in [-0.15, -0.1) is 0 Å². The predicted octanol–water partition coefficient (Wildman–Crippen LogP) is 1.78. The van der Waals surface area contributed by atoms with Gasteiger partial charge in [-0.3, -0.25) is 9.59 Å². The van der Waals surface area contributed by atoms with Crippen LogP contribution in [0.2, 0.25) is 0 Å². The van der Waals surface area contributed by atoms with Crippen LogP contribution in [0, 0.1) is 11.7 Å². The highest BCUT2D eigenvalue weighted by molar-refractivity contribution is 5.87. The normalized spacial score (nSPS) is 20.6. The maximum Gasteiger partial charge on any atom is 0.309 e. The van der Waals surface area contributed by atoms with Gasteiger partial charge in [0.2, 0.25) is 5.91 Å². The Morgan fingerprint density at radius 1 is 1.42 bits per heavy atom. The number of aromatic nitrogens is 2. The summed E-state index contributed by atoms with van der Waals surface area (Å²) in [5.41, 5.74) is 0.502. The van der Waals surface area contributed by atoms with Crippen molar-refractivity contribution in [2.75, 3.05) is 6.54 Å². The summed E-state index contributed by atoms with van der Waals surface area (Å²) >= 11 is 0. The Balaban J connectivity index is 1.86. The lowest BCUT2D eigenvalue weighted by atomic mass is 9.99. The van der Waals surface area contributed by atoms with Gasteiger partial charge in [0.15, 0.2) is 0 Å². The van der Waals surface area contributed by atoms with Crippen molar-refractivity contribution in [3.8, 4) is 0 Å². The van der Waals surface area contributed by atoms with Crippen LogP contribution >= 0.6 is 0 Å². The summed E-state index contributed by atoms with van der Waals surface area (Å²) < 4.78 is 15.5. The average molecular weight is 331 g/mol. The molecule has 6 nitrogen and oxygen atoms in total. The predicted molar refractivity (Wildman–Crippen MR) is 83.5 cm³/mol. The molecule has 2 atom stereocenters. The number of aliphatic carboxylic acids is 1. The van der Waals surface area contributed by atoms with E-state index in [0.29, 0.717) is 17.8 Å². The summed E-state index contributed by atoms with van der Waals surface area (Å²) in [5, 5.41) is 9.46. The van der Waals surface area contributed by atoms with Crippen molar-refractivity contribution in [3.05, 3.63) is 53.9 Å². The Morgan fingerprint density at radius 3 is 2.79 bits per heavy atom. The van der Waals surface area contributed by atoms with E-state index < -0.39 is 17.9 Å². The van der Waals surface area contributed by atoms with Crippen LogP contribution in [0.4, 0.5) is 4.39 Å². The number of likely N-dealkylation sites (tertiary alicyclic amines) is 1. The van der Waals surface area contributed by atoms with Gasteiger partial charge >= 0.3 is 5.97 Å². The fourth-order valence-electron chi connectivity index (χ4n) is 3.20. The van der Waals surface area contributed by atoms with Gasteiger partial charge in [0.05, 0.1) is 5.92 Å². The molecule has 1 aliphatic heterocycles. The summed E-state index contributed by atoms with van der Waals surface area (Å²) in [6, 6.07) is 5.75. The van der Waals surface area contributed by atoms with E-state index >= 15 is 0 Å². The second-order valence-electron chi connectivity index (χ2n) is 5.92. The lowest BCUT2D eigenvalue weighted by molar-refractivity contribution is -0.142. The highest BCUT2D eigenvalue weighted by Crippen LogP contribution is 2.37. The zero-order valence-electron chi connectivity index (χ0n) is 13.2. The zero-order chi connectivity index (χ0) is 17.3. The highest BCUT2D eigenvalue weighted by Gasteiger charge is 2.46. The summed E-state index contributed by atoms with van der Waals surface area (Å²) in [7, 11) is 1.76. The van der Waals surface area contributed by atoms with Crippen molar-refractivity contribution in [2.24, 2.45) is 13.0 Å².